The first-order chi connectivity index (χ1) is 13.0. The maximum absolute atomic E-state index is 12.9. The van der Waals surface area contributed by atoms with Crippen molar-refractivity contribution in [2.45, 2.75) is 18.4 Å². The van der Waals surface area contributed by atoms with Crippen LogP contribution in [0.15, 0.2) is 24.3 Å². The van der Waals surface area contributed by atoms with Gasteiger partial charge in [0.25, 0.3) is 11.8 Å². The summed E-state index contributed by atoms with van der Waals surface area (Å²) in [4.78, 5) is 28.7. The summed E-state index contributed by atoms with van der Waals surface area (Å²) in [6, 6.07) is 5.55. The van der Waals surface area contributed by atoms with E-state index in [-0.39, 0.29) is 24.2 Å². The molecule has 27 heavy (non-hydrogen) atoms. The largest absolute Gasteiger partial charge is 0.484 e. The van der Waals surface area contributed by atoms with Crippen LogP contribution in [-0.4, -0.2) is 80.2 Å². The number of hydrogen-bond donors (Lipinski definition) is 1. The Labute approximate surface area is 158 Å². The summed E-state index contributed by atoms with van der Waals surface area (Å²) in [6.45, 7) is 3.33. The highest BCUT2D eigenvalue weighted by molar-refractivity contribution is 5.86. The Kier molecular flexibility index (Phi) is 6.28. The van der Waals surface area contributed by atoms with Crippen molar-refractivity contribution in [3.05, 3.63) is 30.1 Å². The number of benzene rings is 1. The second-order valence-electron chi connectivity index (χ2n) is 6.86. The van der Waals surface area contributed by atoms with Gasteiger partial charge < -0.3 is 24.6 Å². The molecule has 0 unspecified atom stereocenters. The topological polar surface area (TPSA) is 71.1 Å². The monoisotopic (exact) mass is 379 g/mol. The number of nitrogens with one attached hydrogen (secondary N) is 1. The molecule has 2 heterocycles. The maximum atomic E-state index is 12.9. The first-order valence-electron chi connectivity index (χ1n) is 9.25. The lowest BCUT2D eigenvalue weighted by Crippen LogP contribution is -2.60. The summed E-state index contributed by atoms with van der Waals surface area (Å²) >= 11 is 0. The molecule has 7 nitrogen and oxygen atoms in total. The third-order valence-corrected chi connectivity index (χ3v) is 5.29. The van der Waals surface area contributed by atoms with Crippen LogP contribution in [-0.2, 0) is 14.3 Å². The molecule has 0 radical (unpaired) electrons. The molecule has 0 aromatic heterocycles. The molecule has 2 amide bonds. The summed E-state index contributed by atoms with van der Waals surface area (Å²) < 4.78 is 23.9. The minimum atomic E-state index is -0.747. The fourth-order valence-electron chi connectivity index (χ4n) is 3.55. The van der Waals surface area contributed by atoms with Gasteiger partial charge in [0, 0.05) is 33.3 Å². The Balaban J connectivity index is 1.48. The van der Waals surface area contributed by atoms with Gasteiger partial charge in [-0.15, -0.1) is 0 Å². The van der Waals surface area contributed by atoms with E-state index in [1.165, 1.54) is 24.3 Å². The Morgan fingerprint density at radius 2 is 1.67 bits per heavy atom. The molecule has 0 spiro atoms. The lowest BCUT2D eigenvalue weighted by molar-refractivity contribution is -0.161. The number of ether oxygens (including phenoxy) is 2. The van der Waals surface area contributed by atoms with Crippen LogP contribution in [0.5, 0.6) is 5.75 Å². The third-order valence-electron chi connectivity index (χ3n) is 5.29. The standard InChI is InChI=1S/C19H26FN3O4/c1-26-19(6-8-21-9-7-19)18(25)23-12-10-22(11-13-23)17(24)14-27-16-4-2-15(20)3-5-16/h2-5,21H,6-14H2,1H3. The van der Waals surface area contributed by atoms with Crippen molar-refractivity contribution in [3.8, 4) is 5.75 Å². The molecule has 0 saturated carbocycles. The molecule has 2 saturated heterocycles. The van der Waals surface area contributed by atoms with Gasteiger partial charge in [0.2, 0.25) is 0 Å². The number of piperazine rings is 1. The van der Waals surface area contributed by atoms with Crippen molar-refractivity contribution in [1.82, 2.24) is 15.1 Å². The minimum absolute atomic E-state index is 0.0150. The molecule has 2 aliphatic rings. The molecule has 0 atom stereocenters. The molecule has 1 N–H and O–H groups in total. The molecule has 148 valence electrons. The first-order valence-corrected chi connectivity index (χ1v) is 9.25. The zero-order valence-electron chi connectivity index (χ0n) is 15.6. The van der Waals surface area contributed by atoms with Gasteiger partial charge >= 0.3 is 0 Å². The van der Waals surface area contributed by atoms with Gasteiger partial charge in [-0.25, -0.2) is 4.39 Å². The number of hydrogen-bond acceptors (Lipinski definition) is 5. The number of carbonyl (C=O) groups is 2. The number of methoxy groups -OCH3 is 1. The van der Waals surface area contributed by atoms with E-state index in [1.807, 2.05) is 0 Å². The average molecular weight is 379 g/mol. The summed E-state index contributed by atoms with van der Waals surface area (Å²) in [6.07, 6.45) is 1.32. The van der Waals surface area contributed by atoms with Crippen LogP contribution in [0.25, 0.3) is 0 Å². The maximum Gasteiger partial charge on any atom is 0.260 e. The summed E-state index contributed by atoms with van der Waals surface area (Å²) in [5.41, 5.74) is -0.747. The molecular formula is C19H26FN3O4. The Morgan fingerprint density at radius 3 is 2.26 bits per heavy atom. The second kappa shape index (κ2) is 8.67. The highest BCUT2D eigenvalue weighted by Gasteiger charge is 2.43. The van der Waals surface area contributed by atoms with Crippen LogP contribution >= 0.6 is 0 Å². The SMILES string of the molecule is COC1(C(=O)N2CCN(C(=O)COc3ccc(F)cc3)CC2)CCNCC1. The third kappa shape index (κ3) is 4.56. The van der Waals surface area contributed by atoms with Crippen LogP contribution in [0.3, 0.4) is 0 Å². The molecule has 3 rings (SSSR count). The predicted octanol–water partition coefficient (Wildman–Crippen LogP) is 0.644. The Morgan fingerprint density at radius 1 is 1.07 bits per heavy atom. The predicted molar refractivity (Wildman–Crippen MR) is 96.9 cm³/mol. The van der Waals surface area contributed by atoms with Crippen molar-refractivity contribution in [2.24, 2.45) is 0 Å². The van der Waals surface area contributed by atoms with Gasteiger partial charge in [-0.2, -0.15) is 0 Å². The second-order valence-corrected chi connectivity index (χ2v) is 6.86. The molecule has 2 aliphatic heterocycles. The summed E-state index contributed by atoms with van der Waals surface area (Å²) in [7, 11) is 1.59. The fourth-order valence-corrected chi connectivity index (χ4v) is 3.55. The number of nitrogens with zero attached hydrogens (tertiary/aromatic N) is 2. The molecule has 1 aromatic rings. The van der Waals surface area contributed by atoms with E-state index < -0.39 is 5.60 Å². The van der Waals surface area contributed by atoms with E-state index in [0.717, 1.165) is 13.1 Å². The lowest BCUT2D eigenvalue weighted by Gasteiger charge is -2.42. The van der Waals surface area contributed by atoms with Crippen molar-refractivity contribution >= 4 is 11.8 Å². The van der Waals surface area contributed by atoms with Crippen LogP contribution in [0, 0.1) is 5.82 Å². The smallest absolute Gasteiger partial charge is 0.260 e. The molecule has 8 heteroatoms. The van der Waals surface area contributed by atoms with Crippen molar-refractivity contribution in [3.63, 3.8) is 0 Å². The van der Waals surface area contributed by atoms with E-state index in [1.54, 1.807) is 16.9 Å². The normalized spacial score (nSPS) is 19.6. The molecule has 0 aliphatic carbocycles. The number of carbonyl (C=O) groups excluding carboxylic acids is 2. The molecule has 0 bridgehead atoms. The van der Waals surface area contributed by atoms with Gasteiger partial charge in [-0.3, -0.25) is 9.59 Å². The Hall–Kier alpha value is -2.19. The number of rotatable bonds is 5. The minimum Gasteiger partial charge on any atom is -0.484 e. The van der Waals surface area contributed by atoms with Crippen LogP contribution in [0.4, 0.5) is 4.39 Å². The summed E-state index contributed by atoms with van der Waals surface area (Å²) in [5, 5.41) is 3.25. The van der Waals surface area contributed by atoms with E-state index in [0.29, 0.717) is 44.8 Å². The quantitative estimate of drug-likeness (QED) is 0.813. The zero-order chi connectivity index (χ0) is 19.3. The van der Waals surface area contributed by atoms with Gasteiger partial charge in [-0.1, -0.05) is 0 Å². The van der Waals surface area contributed by atoms with E-state index in [2.05, 4.69) is 5.32 Å². The highest BCUT2D eigenvalue weighted by Crippen LogP contribution is 2.25. The number of amides is 2. The zero-order valence-corrected chi connectivity index (χ0v) is 15.6. The molecular weight excluding hydrogens is 353 g/mol. The van der Waals surface area contributed by atoms with Gasteiger partial charge in [0.1, 0.15) is 17.2 Å². The van der Waals surface area contributed by atoms with Gasteiger partial charge in [0.15, 0.2) is 6.61 Å². The fraction of sp³-hybridized carbons (Fsp3) is 0.579. The van der Waals surface area contributed by atoms with Crippen LogP contribution in [0.1, 0.15) is 12.8 Å². The highest BCUT2D eigenvalue weighted by atomic mass is 19.1. The van der Waals surface area contributed by atoms with Crippen LogP contribution in [0.2, 0.25) is 0 Å². The van der Waals surface area contributed by atoms with E-state index in [9.17, 15) is 14.0 Å². The van der Waals surface area contributed by atoms with Gasteiger partial charge in [0.05, 0.1) is 0 Å². The van der Waals surface area contributed by atoms with E-state index >= 15 is 0 Å². The van der Waals surface area contributed by atoms with Gasteiger partial charge in [-0.05, 0) is 50.2 Å². The Bertz CT molecular complexity index is 653. The van der Waals surface area contributed by atoms with Crippen LogP contribution < -0.4 is 10.1 Å². The first kappa shape index (κ1) is 19.6. The average Bonchev–Trinajstić information content (AvgIpc) is 2.73. The lowest BCUT2D eigenvalue weighted by atomic mass is 9.90. The summed E-state index contributed by atoms with van der Waals surface area (Å²) in [5.74, 6) is -0.0283. The van der Waals surface area contributed by atoms with Crippen molar-refractivity contribution in [2.75, 3.05) is 53.0 Å². The van der Waals surface area contributed by atoms with E-state index in [4.69, 9.17) is 9.47 Å². The van der Waals surface area contributed by atoms with Crippen molar-refractivity contribution in [1.29, 1.82) is 0 Å². The number of halogens is 1. The number of piperidine rings is 1. The molecule has 2 fully saturated rings. The molecule has 1 aromatic carbocycles. The van der Waals surface area contributed by atoms with Crippen molar-refractivity contribution < 1.29 is 23.5 Å².